The van der Waals surface area contributed by atoms with Crippen LogP contribution in [0.15, 0.2) is 53.0 Å². The number of carbonyl (C=O) groups is 1. The van der Waals surface area contributed by atoms with Gasteiger partial charge in [-0.15, -0.1) is 11.3 Å². The normalized spacial score (nSPS) is 17.4. The van der Waals surface area contributed by atoms with Crippen molar-refractivity contribution in [1.82, 2.24) is 4.90 Å². The molecule has 1 aliphatic heterocycles. The lowest BCUT2D eigenvalue weighted by atomic mass is 9.85. The van der Waals surface area contributed by atoms with Crippen LogP contribution in [0, 0.1) is 0 Å². The van der Waals surface area contributed by atoms with E-state index in [9.17, 15) is 4.79 Å². The Morgan fingerprint density at radius 1 is 1.42 bits per heavy atom. The molecule has 0 saturated heterocycles. The van der Waals surface area contributed by atoms with Gasteiger partial charge in [-0.25, -0.2) is 4.99 Å². The summed E-state index contributed by atoms with van der Waals surface area (Å²) in [5.41, 5.74) is 9.15. The van der Waals surface area contributed by atoms with Crippen molar-refractivity contribution in [1.29, 1.82) is 0 Å². The lowest BCUT2D eigenvalue weighted by Crippen LogP contribution is -2.37. The molecule has 1 aliphatic rings. The average Bonchev–Trinajstić information content (AvgIpc) is 3.04. The molecule has 0 spiro atoms. The molecule has 7 heteroatoms. The van der Waals surface area contributed by atoms with Crippen molar-refractivity contribution in [2.24, 2.45) is 15.7 Å². The van der Waals surface area contributed by atoms with E-state index in [-0.39, 0.29) is 11.8 Å². The summed E-state index contributed by atoms with van der Waals surface area (Å²) in [6.45, 7) is 4.69. The second-order valence-corrected chi connectivity index (χ2v) is 7.65. The Labute approximate surface area is 161 Å². The van der Waals surface area contributed by atoms with Crippen molar-refractivity contribution >= 4 is 41.0 Å². The predicted octanol–water partition coefficient (Wildman–Crippen LogP) is 3.43. The largest absolute Gasteiger partial charge is 0.383 e. The van der Waals surface area contributed by atoms with Gasteiger partial charge in [0.25, 0.3) is 0 Å². The minimum absolute atomic E-state index is 0.0325. The standard InChI is InChI=1S/C19H19ClN4OS/c1-3-18(25)24-9-15(14-8-17(20)26-16(14)10-24)12-6-4-5-7-13(12)19(21)23-11-22-2/h3-8,11,15H,1,9-10H2,2H3,(H2,21,22,23). The van der Waals surface area contributed by atoms with Crippen molar-refractivity contribution in [2.45, 2.75) is 12.5 Å². The minimum Gasteiger partial charge on any atom is -0.383 e. The summed E-state index contributed by atoms with van der Waals surface area (Å²) in [7, 11) is 1.64. The number of thiophene rings is 1. The number of amidine groups is 1. The van der Waals surface area contributed by atoms with E-state index in [0.29, 0.717) is 23.3 Å². The van der Waals surface area contributed by atoms with Gasteiger partial charge < -0.3 is 10.6 Å². The van der Waals surface area contributed by atoms with Crippen LogP contribution in [0.3, 0.4) is 0 Å². The monoisotopic (exact) mass is 386 g/mol. The highest BCUT2D eigenvalue weighted by Crippen LogP contribution is 2.41. The Balaban J connectivity index is 2.10. The minimum atomic E-state index is -0.0950. The van der Waals surface area contributed by atoms with Crippen LogP contribution in [0.4, 0.5) is 0 Å². The maximum absolute atomic E-state index is 12.2. The number of amides is 1. The summed E-state index contributed by atoms with van der Waals surface area (Å²) in [6.07, 6.45) is 2.77. The van der Waals surface area contributed by atoms with Crippen LogP contribution < -0.4 is 5.73 Å². The maximum Gasteiger partial charge on any atom is 0.246 e. The van der Waals surface area contributed by atoms with Crippen molar-refractivity contribution in [2.75, 3.05) is 13.6 Å². The van der Waals surface area contributed by atoms with E-state index in [0.717, 1.165) is 21.6 Å². The second kappa shape index (κ2) is 7.85. The summed E-state index contributed by atoms with van der Waals surface area (Å²) in [5.74, 6) is 0.263. The van der Waals surface area contributed by atoms with Gasteiger partial charge in [-0.2, -0.15) is 0 Å². The lowest BCUT2D eigenvalue weighted by molar-refractivity contribution is -0.127. The highest BCUT2D eigenvalue weighted by molar-refractivity contribution is 7.16. The number of hydrogen-bond acceptors (Lipinski definition) is 3. The van der Waals surface area contributed by atoms with Gasteiger partial charge in [-0.3, -0.25) is 9.79 Å². The third kappa shape index (κ3) is 3.57. The van der Waals surface area contributed by atoms with E-state index in [1.807, 2.05) is 30.3 Å². The van der Waals surface area contributed by atoms with Crippen molar-refractivity contribution in [3.8, 4) is 0 Å². The second-order valence-electron chi connectivity index (χ2n) is 5.88. The molecule has 0 fully saturated rings. The van der Waals surface area contributed by atoms with Crippen LogP contribution in [0.2, 0.25) is 4.34 Å². The Morgan fingerprint density at radius 2 is 2.19 bits per heavy atom. The van der Waals surface area contributed by atoms with E-state index >= 15 is 0 Å². The number of aliphatic imine (C=N–C) groups is 2. The topological polar surface area (TPSA) is 71.0 Å². The van der Waals surface area contributed by atoms with Crippen LogP contribution in [0.5, 0.6) is 0 Å². The number of halogens is 1. The third-order valence-electron chi connectivity index (χ3n) is 4.34. The molecule has 2 N–H and O–H groups in total. The van der Waals surface area contributed by atoms with Gasteiger partial charge in [0, 0.05) is 30.0 Å². The molecule has 134 valence electrons. The average molecular weight is 387 g/mol. The van der Waals surface area contributed by atoms with Crippen molar-refractivity contribution in [3.63, 3.8) is 0 Å². The first kappa shape index (κ1) is 18.4. The summed E-state index contributed by atoms with van der Waals surface area (Å²) in [6, 6.07) is 9.81. The van der Waals surface area contributed by atoms with Crippen LogP contribution >= 0.6 is 22.9 Å². The Bertz CT molecular complexity index is 903. The Hall–Kier alpha value is -2.44. The molecular weight excluding hydrogens is 368 g/mol. The van der Waals surface area contributed by atoms with Crippen molar-refractivity contribution < 1.29 is 4.79 Å². The maximum atomic E-state index is 12.2. The smallest absolute Gasteiger partial charge is 0.246 e. The van der Waals surface area contributed by atoms with E-state index in [2.05, 4.69) is 16.6 Å². The van der Waals surface area contributed by atoms with Gasteiger partial charge in [0.15, 0.2) is 0 Å². The SMILES string of the molecule is C=CC(=O)N1Cc2sc(Cl)cc2C(c2ccccc2C(N)=NC=NC)C1. The zero-order chi connectivity index (χ0) is 18.7. The number of nitrogens with two attached hydrogens (primary N) is 1. The van der Waals surface area contributed by atoms with E-state index < -0.39 is 0 Å². The molecule has 0 bridgehead atoms. The molecule has 1 aromatic carbocycles. The third-order valence-corrected chi connectivity index (χ3v) is 5.60. The number of benzene rings is 1. The van der Waals surface area contributed by atoms with Gasteiger partial charge in [0.05, 0.1) is 10.9 Å². The van der Waals surface area contributed by atoms with Crippen molar-refractivity contribution in [3.05, 3.63) is 68.9 Å². The van der Waals surface area contributed by atoms with Gasteiger partial charge in [0.2, 0.25) is 5.91 Å². The molecular formula is C19H19ClN4OS. The fraction of sp³-hybridized carbons (Fsp3) is 0.211. The molecule has 0 radical (unpaired) electrons. The molecule has 2 heterocycles. The quantitative estimate of drug-likeness (QED) is 0.496. The summed E-state index contributed by atoms with van der Waals surface area (Å²) >= 11 is 7.77. The number of fused-ring (bicyclic) bond motifs is 1. The van der Waals surface area contributed by atoms with E-state index in [1.54, 1.807) is 11.9 Å². The summed E-state index contributed by atoms with van der Waals surface area (Å²) in [5, 5.41) is 0. The van der Waals surface area contributed by atoms with Gasteiger partial charge in [0.1, 0.15) is 12.2 Å². The highest BCUT2D eigenvalue weighted by Gasteiger charge is 2.31. The Morgan fingerprint density at radius 3 is 2.92 bits per heavy atom. The molecule has 26 heavy (non-hydrogen) atoms. The number of nitrogens with zero attached hydrogens (tertiary/aromatic N) is 3. The molecule has 2 aromatic rings. The van der Waals surface area contributed by atoms with Gasteiger partial charge in [-0.05, 0) is 23.3 Å². The fourth-order valence-corrected chi connectivity index (χ4v) is 4.53. The molecule has 1 atom stereocenters. The molecule has 3 rings (SSSR count). The fourth-order valence-electron chi connectivity index (χ4n) is 3.17. The first-order chi connectivity index (χ1) is 12.5. The zero-order valence-corrected chi connectivity index (χ0v) is 15.9. The van der Waals surface area contributed by atoms with Crippen LogP contribution in [-0.4, -0.2) is 36.6 Å². The van der Waals surface area contributed by atoms with E-state index in [4.69, 9.17) is 17.3 Å². The van der Waals surface area contributed by atoms with E-state index in [1.165, 1.54) is 23.8 Å². The lowest BCUT2D eigenvalue weighted by Gasteiger charge is -2.33. The highest BCUT2D eigenvalue weighted by atomic mass is 35.5. The molecule has 1 unspecified atom stereocenters. The number of carbonyl (C=O) groups excluding carboxylic acids is 1. The first-order valence-corrected chi connectivity index (χ1v) is 9.27. The number of hydrogen-bond donors (Lipinski definition) is 1. The van der Waals surface area contributed by atoms with Crippen LogP contribution in [0.1, 0.15) is 27.5 Å². The van der Waals surface area contributed by atoms with Crippen LogP contribution in [-0.2, 0) is 11.3 Å². The first-order valence-electron chi connectivity index (χ1n) is 8.07. The molecule has 5 nitrogen and oxygen atoms in total. The summed E-state index contributed by atoms with van der Waals surface area (Å²) in [4.78, 5) is 23.1. The molecule has 1 amide bonds. The van der Waals surface area contributed by atoms with Crippen LogP contribution in [0.25, 0.3) is 0 Å². The number of rotatable bonds is 4. The zero-order valence-electron chi connectivity index (χ0n) is 14.4. The molecule has 0 aliphatic carbocycles. The van der Waals surface area contributed by atoms with Gasteiger partial charge in [-0.1, -0.05) is 42.4 Å². The summed E-state index contributed by atoms with van der Waals surface area (Å²) < 4.78 is 0.713. The van der Waals surface area contributed by atoms with Gasteiger partial charge >= 0.3 is 0 Å². The Kier molecular flexibility index (Phi) is 5.54. The molecule has 0 saturated carbocycles. The predicted molar refractivity (Wildman–Crippen MR) is 108 cm³/mol. The molecule has 1 aromatic heterocycles.